The predicted octanol–water partition coefficient (Wildman–Crippen LogP) is 3.82. The van der Waals surface area contributed by atoms with Crippen molar-refractivity contribution < 1.29 is 28.5 Å². The van der Waals surface area contributed by atoms with Crippen molar-refractivity contribution in [3.05, 3.63) is 52.3 Å². The van der Waals surface area contributed by atoms with Crippen LogP contribution in [-0.4, -0.2) is 30.4 Å². The lowest BCUT2D eigenvalue weighted by molar-refractivity contribution is -0.136. The molecule has 0 bridgehead atoms. The summed E-state index contributed by atoms with van der Waals surface area (Å²) >= 11 is 3.38. The van der Waals surface area contributed by atoms with E-state index >= 15 is 0 Å². The van der Waals surface area contributed by atoms with Gasteiger partial charge in [-0.15, -0.1) is 0 Å². The van der Waals surface area contributed by atoms with E-state index in [1.54, 1.807) is 6.07 Å². The van der Waals surface area contributed by atoms with Crippen molar-refractivity contribution in [2.45, 2.75) is 18.9 Å². The highest BCUT2D eigenvalue weighted by Crippen LogP contribution is 2.34. The zero-order chi connectivity index (χ0) is 17.8. The first-order valence-corrected chi connectivity index (χ1v) is 8.52. The summed E-state index contributed by atoms with van der Waals surface area (Å²) in [5.74, 6) is 0.229. The molecular weight excluding hydrogens is 395 g/mol. The number of halogens is 2. The lowest BCUT2D eigenvalue weighted by Gasteiger charge is -2.26. The first-order valence-electron chi connectivity index (χ1n) is 7.73. The third-order valence-electron chi connectivity index (χ3n) is 3.69. The molecule has 1 unspecified atom stereocenters. The van der Waals surface area contributed by atoms with Gasteiger partial charge in [0, 0.05) is 17.0 Å². The van der Waals surface area contributed by atoms with Gasteiger partial charge >= 0.3 is 5.97 Å². The number of hydrogen-bond acceptors (Lipinski definition) is 4. The Morgan fingerprint density at radius 3 is 2.88 bits per heavy atom. The number of carbonyl (C=O) groups is 1. The third-order valence-corrected chi connectivity index (χ3v) is 4.19. The maximum atomic E-state index is 14.0. The smallest absolute Gasteiger partial charge is 0.303 e. The van der Waals surface area contributed by atoms with Crippen LogP contribution < -0.4 is 14.2 Å². The first kappa shape index (κ1) is 17.5. The van der Waals surface area contributed by atoms with Crippen LogP contribution in [0.3, 0.4) is 0 Å². The highest BCUT2D eigenvalue weighted by Gasteiger charge is 2.22. The lowest BCUT2D eigenvalue weighted by Crippen LogP contribution is -2.34. The molecular formula is C18H16BrFO5. The summed E-state index contributed by atoms with van der Waals surface area (Å²) in [5.41, 5.74) is 0.353. The van der Waals surface area contributed by atoms with E-state index in [0.717, 1.165) is 4.47 Å². The average Bonchev–Trinajstić information content (AvgIpc) is 2.58. The summed E-state index contributed by atoms with van der Waals surface area (Å²) in [6.45, 7) is 0.549. The Morgan fingerprint density at radius 2 is 2.12 bits per heavy atom. The third kappa shape index (κ3) is 4.63. The SMILES string of the molecule is O=C(O)CCc1ccc(OCC2COc3ccc(Br)cc3O2)cc1F. The fraction of sp³-hybridized carbons (Fsp3) is 0.278. The van der Waals surface area contributed by atoms with E-state index < -0.39 is 11.8 Å². The summed E-state index contributed by atoms with van der Waals surface area (Å²) in [4.78, 5) is 10.6. The molecule has 7 heteroatoms. The minimum atomic E-state index is -0.957. The topological polar surface area (TPSA) is 65.0 Å². The Labute approximate surface area is 152 Å². The number of aliphatic carboxylic acids is 1. The van der Waals surface area contributed by atoms with E-state index in [4.69, 9.17) is 19.3 Å². The quantitative estimate of drug-likeness (QED) is 0.783. The van der Waals surface area contributed by atoms with Gasteiger partial charge in [-0.25, -0.2) is 4.39 Å². The molecule has 1 heterocycles. The number of aryl methyl sites for hydroxylation is 1. The molecule has 2 aromatic rings. The van der Waals surface area contributed by atoms with Gasteiger partial charge in [0.1, 0.15) is 24.8 Å². The molecule has 0 saturated heterocycles. The van der Waals surface area contributed by atoms with Crippen LogP contribution in [0.1, 0.15) is 12.0 Å². The van der Waals surface area contributed by atoms with Gasteiger partial charge < -0.3 is 19.3 Å². The van der Waals surface area contributed by atoms with Crippen LogP contribution >= 0.6 is 15.9 Å². The molecule has 1 N–H and O–H groups in total. The minimum absolute atomic E-state index is 0.112. The number of hydrogen-bond donors (Lipinski definition) is 1. The van der Waals surface area contributed by atoms with Gasteiger partial charge in [-0.05, 0) is 36.2 Å². The summed E-state index contributed by atoms with van der Waals surface area (Å²) in [5, 5.41) is 8.66. The monoisotopic (exact) mass is 410 g/mol. The van der Waals surface area contributed by atoms with Gasteiger partial charge in [0.25, 0.3) is 0 Å². The standard InChI is InChI=1S/C18H16BrFO5/c19-12-3-5-16-17(7-12)25-14(10-24-16)9-23-13-4-1-11(15(20)8-13)2-6-18(21)22/h1,3-5,7-8,14H,2,6,9-10H2,(H,21,22). The summed E-state index contributed by atoms with van der Waals surface area (Å²) in [7, 11) is 0. The molecule has 0 saturated carbocycles. The van der Waals surface area contributed by atoms with Crippen molar-refractivity contribution in [2.75, 3.05) is 13.2 Å². The molecule has 0 aromatic heterocycles. The molecule has 3 rings (SSSR count). The van der Waals surface area contributed by atoms with Crippen molar-refractivity contribution in [3.8, 4) is 17.2 Å². The molecule has 1 atom stereocenters. The molecule has 0 radical (unpaired) electrons. The number of ether oxygens (including phenoxy) is 3. The Bertz CT molecular complexity index is 780. The number of rotatable bonds is 6. The maximum Gasteiger partial charge on any atom is 0.303 e. The van der Waals surface area contributed by atoms with Gasteiger partial charge in [-0.1, -0.05) is 22.0 Å². The van der Waals surface area contributed by atoms with Crippen LogP contribution in [-0.2, 0) is 11.2 Å². The predicted molar refractivity (Wildman–Crippen MR) is 91.9 cm³/mol. The number of fused-ring (bicyclic) bond motifs is 1. The Hall–Kier alpha value is -2.28. The molecule has 2 aromatic carbocycles. The van der Waals surface area contributed by atoms with Crippen molar-refractivity contribution in [2.24, 2.45) is 0 Å². The van der Waals surface area contributed by atoms with Crippen LogP contribution in [0.2, 0.25) is 0 Å². The second kappa shape index (κ2) is 7.74. The molecule has 0 spiro atoms. The van der Waals surface area contributed by atoms with Gasteiger partial charge in [0.05, 0.1) is 0 Å². The van der Waals surface area contributed by atoms with Crippen molar-refractivity contribution in [1.29, 1.82) is 0 Å². The van der Waals surface area contributed by atoms with Gasteiger partial charge in [0.2, 0.25) is 0 Å². The largest absolute Gasteiger partial charge is 0.489 e. The highest BCUT2D eigenvalue weighted by atomic mass is 79.9. The molecule has 0 fully saturated rings. The van der Waals surface area contributed by atoms with E-state index in [-0.39, 0.29) is 25.6 Å². The second-order valence-electron chi connectivity index (χ2n) is 5.60. The fourth-order valence-corrected chi connectivity index (χ4v) is 2.76. The zero-order valence-corrected chi connectivity index (χ0v) is 14.8. The van der Waals surface area contributed by atoms with E-state index in [1.807, 2.05) is 18.2 Å². The second-order valence-corrected chi connectivity index (χ2v) is 6.52. The average molecular weight is 411 g/mol. The van der Waals surface area contributed by atoms with E-state index in [2.05, 4.69) is 15.9 Å². The molecule has 25 heavy (non-hydrogen) atoms. The number of carboxylic acid groups (broad SMARTS) is 1. The molecule has 5 nitrogen and oxygen atoms in total. The van der Waals surface area contributed by atoms with Crippen LogP contribution in [0, 0.1) is 5.82 Å². The van der Waals surface area contributed by atoms with Crippen LogP contribution in [0.25, 0.3) is 0 Å². The Morgan fingerprint density at radius 1 is 1.28 bits per heavy atom. The van der Waals surface area contributed by atoms with Gasteiger partial charge in [-0.3, -0.25) is 4.79 Å². The van der Waals surface area contributed by atoms with E-state index in [1.165, 1.54) is 12.1 Å². The van der Waals surface area contributed by atoms with Crippen LogP contribution in [0.5, 0.6) is 17.2 Å². The molecule has 0 amide bonds. The first-order chi connectivity index (χ1) is 12.0. The fourth-order valence-electron chi connectivity index (χ4n) is 2.42. The van der Waals surface area contributed by atoms with Crippen molar-refractivity contribution in [3.63, 3.8) is 0 Å². The molecule has 1 aliphatic rings. The highest BCUT2D eigenvalue weighted by molar-refractivity contribution is 9.10. The molecule has 132 valence electrons. The minimum Gasteiger partial charge on any atom is -0.489 e. The summed E-state index contributed by atoms with van der Waals surface area (Å²) < 4.78 is 31.9. The van der Waals surface area contributed by atoms with E-state index in [0.29, 0.717) is 29.4 Å². The maximum absolute atomic E-state index is 14.0. The Balaban J connectivity index is 1.57. The van der Waals surface area contributed by atoms with Crippen molar-refractivity contribution >= 4 is 21.9 Å². The normalized spacial score (nSPS) is 15.7. The van der Waals surface area contributed by atoms with Crippen LogP contribution in [0.15, 0.2) is 40.9 Å². The lowest BCUT2D eigenvalue weighted by atomic mass is 10.1. The zero-order valence-electron chi connectivity index (χ0n) is 13.2. The van der Waals surface area contributed by atoms with Crippen LogP contribution in [0.4, 0.5) is 4.39 Å². The van der Waals surface area contributed by atoms with Crippen molar-refractivity contribution in [1.82, 2.24) is 0 Å². The number of benzene rings is 2. The Kier molecular flexibility index (Phi) is 5.43. The van der Waals surface area contributed by atoms with Gasteiger partial charge in [-0.2, -0.15) is 0 Å². The molecule has 1 aliphatic heterocycles. The summed E-state index contributed by atoms with van der Waals surface area (Å²) in [6.07, 6.45) is -0.275. The summed E-state index contributed by atoms with van der Waals surface area (Å²) in [6, 6.07) is 9.92. The van der Waals surface area contributed by atoms with E-state index in [9.17, 15) is 9.18 Å². The molecule has 0 aliphatic carbocycles. The van der Waals surface area contributed by atoms with Gasteiger partial charge in [0.15, 0.2) is 17.6 Å². The number of carboxylic acids is 1.